The summed E-state index contributed by atoms with van der Waals surface area (Å²) in [4.78, 5) is 11.4. The van der Waals surface area contributed by atoms with E-state index < -0.39 is 5.97 Å². The predicted molar refractivity (Wildman–Crippen MR) is 100 cm³/mol. The summed E-state index contributed by atoms with van der Waals surface area (Å²) in [6.07, 6.45) is 0. The van der Waals surface area contributed by atoms with Gasteiger partial charge in [0.15, 0.2) is 5.75 Å². The molecule has 3 rings (SSSR count). The Morgan fingerprint density at radius 3 is 2.20 bits per heavy atom. The van der Waals surface area contributed by atoms with E-state index in [4.69, 9.17) is 16.3 Å². The summed E-state index contributed by atoms with van der Waals surface area (Å²) in [5.41, 5.74) is 3.82. The highest BCUT2D eigenvalue weighted by Crippen LogP contribution is 2.41. The van der Waals surface area contributed by atoms with Crippen LogP contribution in [-0.2, 0) is 0 Å². The van der Waals surface area contributed by atoms with Crippen LogP contribution in [0.15, 0.2) is 66.7 Å². The largest absolute Gasteiger partial charge is 0.491 e. The van der Waals surface area contributed by atoms with Gasteiger partial charge in [-0.25, -0.2) is 4.79 Å². The van der Waals surface area contributed by atoms with Crippen LogP contribution in [-0.4, -0.2) is 17.7 Å². The molecule has 0 atom stereocenters. The molecular weight excluding hydrogens is 336 g/mol. The average molecular weight is 353 g/mol. The second-order valence-electron chi connectivity index (χ2n) is 5.45. The van der Waals surface area contributed by atoms with Crippen LogP contribution in [0.1, 0.15) is 17.3 Å². The molecule has 126 valence electrons. The van der Waals surface area contributed by atoms with Crippen LogP contribution in [0.2, 0.25) is 5.02 Å². The fourth-order valence-corrected chi connectivity index (χ4v) is 3.13. The lowest BCUT2D eigenvalue weighted by Crippen LogP contribution is -2.04. The van der Waals surface area contributed by atoms with Crippen molar-refractivity contribution in [2.24, 2.45) is 0 Å². The number of rotatable bonds is 5. The van der Waals surface area contributed by atoms with Crippen molar-refractivity contribution in [3.8, 4) is 28.0 Å². The van der Waals surface area contributed by atoms with E-state index in [0.29, 0.717) is 11.6 Å². The van der Waals surface area contributed by atoms with Gasteiger partial charge in [0.25, 0.3) is 0 Å². The van der Waals surface area contributed by atoms with Crippen molar-refractivity contribution in [1.29, 1.82) is 0 Å². The zero-order chi connectivity index (χ0) is 17.8. The summed E-state index contributed by atoms with van der Waals surface area (Å²) in [6.45, 7) is 2.14. The summed E-state index contributed by atoms with van der Waals surface area (Å²) in [5, 5.41) is 9.68. The fraction of sp³-hybridized carbons (Fsp3) is 0.0952. The zero-order valence-corrected chi connectivity index (χ0v) is 14.5. The normalized spacial score (nSPS) is 10.5. The van der Waals surface area contributed by atoms with Crippen LogP contribution in [0, 0.1) is 0 Å². The number of carboxylic acid groups (broad SMARTS) is 1. The first-order chi connectivity index (χ1) is 12.1. The summed E-state index contributed by atoms with van der Waals surface area (Å²) in [7, 11) is 0. The number of carbonyl (C=O) groups is 1. The number of aromatic carboxylic acids is 1. The number of hydrogen-bond acceptors (Lipinski definition) is 2. The minimum Gasteiger partial charge on any atom is -0.491 e. The maximum Gasteiger partial charge on any atom is 0.339 e. The van der Waals surface area contributed by atoms with Gasteiger partial charge in [0.1, 0.15) is 5.56 Å². The van der Waals surface area contributed by atoms with Gasteiger partial charge in [-0.05, 0) is 29.7 Å². The molecule has 0 bridgehead atoms. The Hall–Kier alpha value is -2.78. The predicted octanol–water partition coefficient (Wildman–Crippen LogP) is 5.77. The van der Waals surface area contributed by atoms with Gasteiger partial charge in [-0.3, -0.25) is 0 Å². The maximum atomic E-state index is 11.4. The maximum absolute atomic E-state index is 11.4. The van der Waals surface area contributed by atoms with E-state index in [0.717, 1.165) is 22.3 Å². The van der Waals surface area contributed by atoms with Crippen LogP contribution in [0.4, 0.5) is 0 Å². The molecule has 0 radical (unpaired) electrons. The Balaban J connectivity index is 2.22. The van der Waals surface area contributed by atoms with Crippen molar-refractivity contribution in [2.75, 3.05) is 6.61 Å². The topological polar surface area (TPSA) is 46.5 Å². The number of ether oxygens (including phenoxy) is 1. The van der Waals surface area contributed by atoms with E-state index in [1.807, 2.05) is 54.6 Å². The average Bonchev–Trinajstić information content (AvgIpc) is 2.64. The minimum atomic E-state index is -1.06. The standard InChI is InChI=1S/C21H17ClO3/c1-2-25-20-18(21(23)24)13-12-17(19(20)22)16-11-7-6-10-15(16)14-8-4-3-5-9-14/h3-13H,2H2,1H3,(H,23,24). The molecule has 3 nitrogen and oxygen atoms in total. The second kappa shape index (κ2) is 7.41. The summed E-state index contributed by atoms with van der Waals surface area (Å²) >= 11 is 6.54. The van der Waals surface area contributed by atoms with Crippen molar-refractivity contribution >= 4 is 17.6 Å². The highest BCUT2D eigenvalue weighted by atomic mass is 35.5. The van der Waals surface area contributed by atoms with Crippen LogP contribution >= 0.6 is 11.6 Å². The third-order valence-corrected chi connectivity index (χ3v) is 4.29. The number of hydrogen-bond donors (Lipinski definition) is 1. The lowest BCUT2D eigenvalue weighted by atomic mass is 9.93. The lowest BCUT2D eigenvalue weighted by Gasteiger charge is -2.16. The fourth-order valence-electron chi connectivity index (χ4n) is 2.81. The van der Waals surface area contributed by atoms with E-state index in [1.54, 1.807) is 13.0 Å². The first kappa shape index (κ1) is 17.1. The van der Waals surface area contributed by atoms with E-state index in [2.05, 4.69) is 0 Å². The molecule has 0 aliphatic carbocycles. The van der Waals surface area contributed by atoms with Crippen molar-refractivity contribution in [3.63, 3.8) is 0 Å². The van der Waals surface area contributed by atoms with Gasteiger partial charge in [-0.1, -0.05) is 72.3 Å². The molecule has 3 aromatic rings. The monoisotopic (exact) mass is 352 g/mol. The Bertz CT molecular complexity index is 904. The molecule has 0 heterocycles. The summed E-state index contributed by atoms with van der Waals surface area (Å²) in [5.74, 6) is -0.856. The van der Waals surface area contributed by atoms with Gasteiger partial charge >= 0.3 is 5.97 Å². The molecule has 0 unspecified atom stereocenters. The molecule has 0 aromatic heterocycles. The molecule has 25 heavy (non-hydrogen) atoms. The number of carboxylic acids is 1. The smallest absolute Gasteiger partial charge is 0.339 e. The van der Waals surface area contributed by atoms with Crippen molar-refractivity contribution in [3.05, 3.63) is 77.3 Å². The van der Waals surface area contributed by atoms with Gasteiger partial charge < -0.3 is 9.84 Å². The summed E-state index contributed by atoms with van der Waals surface area (Å²) < 4.78 is 5.52. The Morgan fingerprint density at radius 2 is 1.56 bits per heavy atom. The lowest BCUT2D eigenvalue weighted by molar-refractivity contribution is 0.0692. The van der Waals surface area contributed by atoms with Gasteiger partial charge in [-0.15, -0.1) is 0 Å². The van der Waals surface area contributed by atoms with Crippen LogP contribution < -0.4 is 4.74 Å². The quantitative estimate of drug-likeness (QED) is 0.634. The van der Waals surface area contributed by atoms with Gasteiger partial charge in [0, 0.05) is 5.56 Å². The highest BCUT2D eigenvalue weighted by Gasteiger charge is 2.20. The van der Waals surface area contributed by atoms with E-state index in [-0.39, 0.29) is 11.3 Å². The van der Waals surface area contributed by atoms with Gasteiger partial charge in [0.2, 0.25) is 0 Å². The molecule has 0 aliphatic rings. The Morgan fingerprint density at radius 1 is 0.920 bits per heavy atom. The Kier molecular flexibility index (Phi) is 5.05. The first-order valence-electron chi connectivity index (χ1n) is 7.97. The van der Waals surface area contributed by atoms with E-state index in [9.17, 15) is 9.90 Å². The number of halogens is 1. The molecule has 0 aliphatic heterocycles. The van der Waals surface area contributed by atoms with Crippen LogP contribution in [0.25, 0.3) is 22.3 Å². The molecule has 0 saturated carbocycles. The van der Waals surface area contributed by atoms with E-state index in [1.165, 1.54) is 6.07 Å². The summed E-state index contributed by atoms with van der Waals surface area (Å²) in [6, 6.07) is 21.1. The van der Waals surface area contributed by atoms with Crippen molar-refractivity contribution < 1.29 is 14.6 Å². The highest BCUT2D eigenvalue weighted by molar-refractivity contribution is 6.35. The molecule has 0 saturated heterocycles. The van der Waals surface area contributed by atoms with Crippen molar-refractivity contribution in [2.45, 2.75) is 6.92 Å². The molecule has 0 spiro atoms. The third kappa shape index (κ3) is 3.37. The van der Waals surface area contributed by atoms with Crippen LogP contribution in [0.5, 0.6) is 5.75 Å². The third-order valence-electron chi connectivity index (χ3n) is 3.92. The SMILES string of the molecule is CCOc1c(C(=O)O)ccc(-c2ccccc2-c2ccccc2)c1Cl. The molecular formula is C21H17ClO3. The second-order valence-corrected chi connectivity index (χ2v) is 5.83. The molecule has 4 heteroatoms. The first-order valence-corrected chi connectivity index (χ1v) is 8.34. The zero-order valence-electron chi connectivity index (χ0n) is 13.7. The molecule has 1 N–H and O–H groups in total. The van der Waals surface area contributed by atoms with Gasteiger partial charge in [-0.2, -0.15) is 0 Å². The van der Waals surface area contributed by atoms with Crippen LogP contribution in [0.3, 0.4) is 0 Å². The molecule has 0 fully saturated rings. The molecule has 3 aromatic carbocycles. The molecule has 0 amide bonds. The Labute approximate surface area is 151 Å². The van der Waals surface area contributed by atoms with E-state index >= 15 is 0 Å². The van der Waals surface area contributed by atoms with Gasteiger partial charge in [0.05, 0.1) is 11.6 Å². The number of benzene rings is 3. The minimum absolute atomic E-state index is 0.0628. The van der Waals surface area contributed by atoms with Crippen molar-refractivity contribution in [1.82, 2.24) is 0 Å².